The summed E-state index contributed by atoms with van der Waals surface area (Å²) in [6, 6.07) is 6.66. The monoisotopic (exact) mass is 245 g/mol. The molecule has 0 saturated heterocycles. The van der Waals surface area contributed by atoms with Gasteiger partial charge in [-0.1, -0.05) is 12.1 Å². The number of benzene rings is 1. The third kappa shape index (κ3) is 2.34. The van der Waals surface area contributed by atoms with Crippen molar-refractivity contribution >= 4 is 11.9 Å². The second-order valence-corrected chi connectivity index (χ2v) is 3.45. The normalized spacial score (nSPS) is 10.1. The van der Waals surface area contributed by atoms with Crippen molar-refractivity contribution in [3.63, 3.8) is 0 Å². The predicted octanol–water partition coefficient (Wildman–Crippen LogP) is 0.228. The molecule has 0 atom stereocenters. The van der Waals surface area contributed by atoms with Crippen LogP contribution in [0.1, 0.15) is 10.4 Å². The summed E-state index contributed by atoms with van der Waals surface area (Å²) >= 11 is 0. The Bertz CT molecular complexity index is 582. The molecule has 1 aromatic carbocycles. The lowest BCUT2D eigenvalue weighted by atomic mass is 10.1. The number of nitrogens with zero attached hydrogens (tertiary/aromatic N) is 3. The first kappa shape index (κ1) is 11.8. The molecule has 7 heteroatoms. The minimum absolute atomic E-state index is 0.0656. The van der Waals surface area contributed by atoms with Gasteiger partial charge in [-0.25, -0.2) is 0 Å². The van der Waals surface area contributed by atoms with Crippen molar-refractivity contribution < 1.29 is 9.53 Å². The smallest absolute Gasteiger partial charge is 0.321 e. The number of hydrogen-bond acceptors (Lipinski definition) is 6. The Morgan fingerprint density at radius 3 is 2.39 bits per heavy atom. The van der Waals surface area contributed by atoms with Crippen molar-refractivity contribution in [1.82, 2.24) is 15.0 Å². The SMILES string of the molecule is COc1nc(N)nc(-c2ccc(C(N)=O)cc2)n1. The third-order valence-electron chi connectivity index (χ3n) is 2.24. The molecule has 4 N–H and O–H groups in total. The summed E-state index contributed by atoms with van der Waals surface area (Å²) < 4.78 is 4.90. The van der Waals surface area contributed by atoms with Gasteiger partial charge in [0.25, 0.3) is 0 Å². The van der Waals surface area contributed by atoms with Crippen molar-refractivity contribution in [3.05, 3.63) is 29.8 Å². The molecule has 0 aliphatic rings. The molecule has 0 aliphatic carbocycles. The lowest BCUT2D eigenvalue weighted by Crippen LogP contribution is -2.10. The molecule has 0 unspecified atom stereocenters. The van der Waals surface area contributed by atoms with Gasteiger partial charge in [-0.05, 0) is 12.1 Å². The summed E-state index contributed by atoms with van der Waals surface area (Å²) in [7, 11) is 1.44. The first-order chi connectivity index (χ1) is 8.60. The van der Waals surface area contributed by atoms with E-state index in [4.69, 9.17) is 16.2 Å². The van der Waals surface area contributed by atoms with Crippen LogP contribution in [0.4, 0.5) is 5.95 Å². The van der Waals surface area contributed by atoms with E-state index in [1.54, 1.807) is 24.3 Å². The van der Waals surface area contributed by atoms with Gasteiger partial charge in [-0.15, -0.1) is 0 Å². The molecule has 18 heavy (non-hydrogen) atoms. The number of ether oxygens (including phenoxy) is 1. The summed E-state index contributed by atoms with van der Waals surface area (Å²) in [5.74, 6) is -0.0551. The summed E-state index contributed by atoms with van der Waals surface area (Å²) in [4.78, 5) is 22.8. The molecular weight excluding hydrogens is 234 g/mol. The Morgan fingerprint density at radius 2 is 1.83 bits per heavy atom. The van der Waals surface area contributed by atoms with E-state index in [1.165, 1.54) is 7.11 Å². The fraction of sp³-hybridized carbons (Fsp3) is 0.0909. The fourth-order valence-electron chi connectivity index (χ4n) is 1.38. The molecule has 0 bridgehead atoms. The number of nitrogens with two attached hydrogens (primary N) is 2. The third-order valence-corrected chi connectivity index (χ3v) is 2.24. The van der Waals surface area contributed by atoms with Crippen LogP contribution in [0.25, 0.3) is 11.4 Å². The van der Waals surface area contributed by atoms with Crippen molar-refractivity contribution in [1.29, 1.82) is 0 Å². The van der Waals surface area contributed by atoms with E-state index in [2.05, 4.69) is 15.0 Å². The van der Waals surface area contributed by atoms with E-state index in [1.807, 2.05) is 0 Å². The number of nitrogen functional groups attached to an aromatic ring is 1. The van der Waals surface area contributed by atoms with Gasteiger partial charge in [-0.3, -0.25) is 4.79 Å². The van der Waals surface area contributed by atoms with Crippen LogP contribution in [-0.4, -0.2) is 28.0 Å². The van der Waals surface area contributed by atoms with Gasteiger partial charge in [0.05, 0.1) is 7.11 Å². The number of primary amides is 1. The summed E-state index contributed by atoms with van der Waals surface area (Å²) in [5, 5.41) is 0. The van der Waals surface area contributed by atoms with Crippen LogP contribution in [0.5, 0.6) is 6.01 Å². The largest absolute Gasteiger partial charge is 0.467 e. The predicted molar refractivity (Wildman–Crippen MR) is 64.7 cm³/mol. The zero-order valence-corrected chi connectivity index (χ0v) is 9.62. The molecule has 0 fully saturated rings. The Morgan fingerprint density at radius 1 is 1.17 bits per heavy atom. The molecule has 92 valence electrons. The first-order valence-corrected chi connectivity index (χ1v) is 5.06. The van der Waals surface area contributed by atoms with Crippen molar-refractivity contribution in [2.75, 3.05) is 12.8 Å². The topological polar surface area (TPSA) is 117 Å². The molecular formula is C11H11N5O2. The average molecular weight is 245 g/mol. The molecule has 0 radical (unpaired) electrons. The lowest BCUT2D eigenvalue weighted by molar-refractivity contribution is 0.100. The van der Waals surface area contributed by atoms with Crippen LogP contribution in [-0.2, 0) is 0 Å². The Balaban J connectivity index is 2.42. The molecule has 2 rings (SSSR count). The van der Waals surface area contributed by atoms with Gasteiger partial charge in [-0.2, -0.15) is 15.0 Å². The van der Waals surface area contributed by atoms with E-state index >= 15 is 0 Å². The van der Waals surface area contributed by atoms with Gasteiger partial charge in [0, 0.05) is 11.1 Å². The molecule has 0 aliphatic heterocycles. The summed E-state index contributed by atoms with van der Waals surface area (Å²) in [6.07, 6.45) is 0. The van der Waals surface area contributed by atoms with E-state index in [-0.39, 0.29) is 12.0 Å². The number of carbonyl (C=O) groups is 1. The standard InChI is InChI=1S/C11H11N5O2/c1-18-11-15-9(14-10(13)16-11)7-4-2-6(3-5-7)8(12)17/h2-5H,1H3,(H2,12,17)(H2,13,14,15,16). The number of amides is 1. The van der Waals surface area contributed by atoms with Crippen molar-refractivity contribution in [2.45, 2.75) is 0 Å². The summed E-state index contributed by atoms with van der Waals surface area (Å²) in [5.41, 5.74) is 11.8. The lowest BCUT2D eigenvalue weighted by Gasteiger charge is -2.04. The molecule has 1 heterocycles. The Hall–Kier alpha value is -2.70. The quantitative estimate of drug-likeness (QED) is 0.799. The van der Waals surface area contributed by atoms with Crippen LogP contribution in [0, 0.1) is 0 Å². The average Bonchev–Trinajstić information content (AvgIpc) is 2.38. The highest BCUT2D eigenvalue weighted by molar-refractivity contribution is 5.93. The Kier molecular flexibility index (Phi) is 3.05. The number of aromatic nitrogens is 3. The maximum atomic E-state index is 10.9. The number of methoxy groups -OCH3 is 1. The first-order valence-electron chi connectivity index (χ1n) is 5.06. The highest BCUT2D eigenvalue weighted by atomic mass is 16.5. The number of rotatable bonds is 3. The fourth-order valence-corrected chi connectivity index (χ4v) is 1.38. The van der Waals surface area contributed by atoms with E-state index in [0.29, 0.717) is 17.0 Å². The van der Waals surface area contributed by atoms with Gasteiger partial charge < -0.3 is 16.2 Å². The maximum Gasteiger partial charge on any atom is 0.321 e. The number of anilines is 1. The molecule has 2 aromatic rings. The van der Waals surface area contributed by atoms with Gasteiger partial charge in [0.1, 0.15) is 0 Å². The molecule has 7 nitrogen and oxygen atoms in total. The van der Waals surface area contributed by atoms with Crippen LogP contribution in [0.2, 0.25) is 0 Å². The summed E-state index contributed by atoms with van der Waals surface area (Å²) in [6.45, 7) is 0. The minimum atomic E-state index is -0.491. The second kappa shape index (κ2) is 4.66. The van der Waals surface area contributed by atoms with Crippen LogP contribution in [0.15, 0.2) is 24.3 Å². The van der Waals surface area contributed by atoms with Crippen LogP contribution in [0.3, 0.4) is 0 Å². The van der Waals surface area contributed by atoms with Gasteiger partial charge in [0.15, 0.2) is 5.82 Å². The van der Waals surface area contributed by atoms with Crippen molar-refractivity contribution in [2.24, 2.45) is 5.73 Å². The van der Waals surface area contributed by atoms with Gasteiger partial charge in [0.2, 0.25) is 11.9 Å². The minimum Gasteiger partial charge on any atom is -0.467 e. The van der Waals surface area contributed by atoms with E-state index in [0.717, 1.165) is 0 Å². The zero-order chi connectivity index (χ0) is 13.1. The maximum absolute atomic E-state index is 10.9. The van der Waals surface area contributed by atoms with Crippen LogP contribution >= 0.6 is 0 Å². The second-order valence-electron chi connectivity index (χ2n) is 3.45. The number of carbonyl (C=O) groups excluding carboxylic acids is 1. The zero-order valence-electron chi connectivity index (χ0n) is 9.62. The highest BCUT2D eigenvalue weighted by Gasteiger charge is 2.08. The van der Waals surface area contributed by atoms with E-state index in [9.17, 15) is 4.79 Å². The highest BCUT2D eigenvalue weighted by Crippen LogP contribution is 2.18. The van der Waals surface area contributed by atoms with Gasteiger partial charge >= 0.3 is 6.01 Å². The van der Waals surface area contributed by atoms with Crippen LogP contribution < -0.4 is 16.2 Å². The van der Waals surface area contributed by atoms with E-state index < -0.39 is 5.91 Å². The molecule has 0 saturated carbocycles. The molecule has 0 spiro atoms. The Labute approximate surface area is 103 Å². The molecule has 1 amide bonds. The van der Waals surface area contributed by atoms with Crippen molar-refractivity contribution in [3.8, 4) is 17.4 Å². The molecule has 1 aromatic heterocycles. The number of hydrogen-bond donors (Lipinski definition) is 2.